The highest BCUT2D eigenvalue weighted by molar-refractivity contribution is 7.82. The molecule has 6 heterocycles. The number of nitriles is 1. The maximum Gasteiger partial charge on any atom is 0.329 e. The molecule has 4 aliphatic rings. The number of rotatable bonds is 9. The number of aromatic nitrogens is 4. The zero-order valence-corrected chi connectivity index (χ0v) is 32.9. The molecular weight excluding hydrogens is 757 g/mol. The largest absolute Gasteiger partial charge is 0.370 e. The van der Waals surface area contributed by atoms with E-state index in [0.29, 0.717) is 62.7 Å². The summed E-state index contributed by atoms with van der Waals surface area (Å²) in [5.41, 5.74) is 2.49. The molecule has 3 amide bonds. The molecule has 4 aromatic rings. The normalized spacial score (nSPS) is 20.3. The molecule has 0 radical (unpaired) electrons. The fourth-order valence-electron chi connectivity index (χ4n) is 8.61. The third-order valence-electron chi connectivity index (χ3n) is 11.7. The number of hydrogen-bond acceptors (Lipinski definition) is 10. The lowest BCUT2D eigenvalue weighted by atomic mass is 9.87. The zero-order chi connectivity index (χ0) is 38.9. The van der Waals surface area contributed by atoms with E-state index in [1.54, 1.807) is 25.5 Å². The van der Waals surface area contributed by atoms with Gasteiger partial charge in [-0.25, -0.2) is 27.7 Å². The minimum atomic E-state index is -1.34. The number of halogens is 2. The van der Waals surface area contributed by atoms with E-state index in [-0.39, 0.29) is 36.6 Å². The number of carbonyl (C=O) groups excluding carboxylic acids is 2. The topological polar surface area (TPSA) is 156 Å². The molecule has 4 saturated heterocycles. The molecule has 2 aromatic carbocycles. The van der Waals surface area contributed by atoms with Crippen LogP contribution >= 0.6 is 11.6 Å². The summed E-state index contributed by atoms with van der Waals surface area (Å²) in [6.07, 6.45) is 8.60. The number of amides is 3. The number of piperidine rings is 3. The van der Waals surface area contributed by atoms with Crippen LogP contribution in [-0.2, 0) is 22.8 Å². The van der Waals surface area contributed by atoms with Gasteiger partial charge in [0.25, 0.3) is 0 Å². The van der Waals surface area contributed by atoms with Crippen LogP contribution in [0.4, 0.5) is 26.6 Å². The van der Waals surface area contributed by atoms with Gasteiger partial charge >= 0.3 is 6.03 Å². The molecule has 17 heteroatoms. The van der Waals surface area contributed by atoms with Crippen LogP contribution < -0.4 is 20.4 Å². The number of nitrogens with zero attached hydrogens (tertiary/aromatic N) is 9. The van der Waals surface area contributed by atoms with Gasteiger partial charge in [0.2, 0.25) is 11.9 Å². The van der Waals surface area contributed by atoms with Gasteiger partial charge in [0, 0.05) is 64.2 Å². The van der Waals surface area contributed by atoms with Crippen molar-refractivity contribution in [2.24, 2.45) is 13.0 Å². The Morgan fingerprint density at radius 2 is 1.71 bits per heavy atom. The average molecular weight is 802 g/mol. The Labute approximate surface area is 332 Å². The van der Waals surface area contributed by atoms with Crippen LogP contribution in [0.3, 0.4) is 0 Å². The first-order valence-electron chi connectivity index (χ1n) is 19.3. The number of fused-ring (bicyclic) bond motifs is 1. The molecule has 4 fully saturated rings. The van der Waals surface area contributed by atoms with Crippen molar-refractivity contribution < 1.29 is 18.2 Å². The summed E-state index contributed by atoms with van der Waals surface area (Å²) in [5, 5.41) is 21.2. The van der Waals surface area contributed by atoms with Crippen LogP contribution in [-0.4, -0.2) is 104 Å². The first kappa shape index (κ1) is 38.2. The van der Waals surface area contributed by atoms with Crippen LogP contribution in [0.15, 0.2) is 47.6 Å². The van der Waals surface area contributed by atoms with Gasteiger partial charge in [0.15, 0.2) is 11.6 Å². The standard InChI is InChI=1S/C39H45ClFN11O3S/c1-48-36-32(37(47-48)52-19-12-34(53)46-39(52)54)5-4-31(35(36)41)26-8-13-49(14-9-26)24-25-6-15-50(16-7-25)33-20-30(3-2-27(33)21-42)56(55)51-17-10-29(11-18-51)45-38-43-22-28(40)23-44-38/h2-5,20,22-23,25-26,29H,6-19,24H2,1H3,(H,43,44,45)(H,46,53,54). The Morgan fingerprint density at radius 1 is 0.982 bits per heavy atom. The highest BCUT2D eigenvalue weighted by atomic mass is 35.5. The van der Waals surface area contributed by atoms with Crippen LogP contribution in [0.5, 0.6) is 0 Å². The molecule has 14 nitrogen and oxygen atoms in total. The van der Waals surface area contributed by atoms with Crippen molar-refractivity contribution in [2.45, 2.75) is 61.8 Å². The Morgan fingerprint density at radius 3 is 2.41 bits per heavy atom. The SMILES string of the molecule is Cn1nc(N2CCC(=O)NC2=O)c2ccc(C3CCN(CC4CCN(c5cc(S(=O)N6CCC(Nc7ncc(Cl)cn7)CC6)ccc5C#N)CC4)CC3)c(F)c21. The summed E-state index contributed by atoms with van der Waals surface area (Å²) >= 11 is 5.91. The fraction of sp³-hybridized carbons (Fsp3) is 0.487. The molecular formula is C39H45ClFN11O3S. The summed E-state index contributed by atoms with van der Waals surface area (Å²) < 4.78 is 33.3. The number of nitrogens with one attached hydrogen (secondary N) is 2. The Balaban J connectivity index is 0.833. The van der Waals surface area contributed by atoms with Gasteiger partial charge < -0.3 is 15.1 Å². The van der Waals surface area contributed by atoms with E-state index < -0.39 is 17.0 Å². The predicted octanol–water partition coefficient (Wildman–Crippen LogP) is 5.17. The number of imide groups is 1. The smallest absolute Gasteiger partial charge is 0.329 e. The Kier molecular flexibility index (Phi) is 11.2. The molecule has 0 aliphatic carbocycles. The molecule has 294 valence electrons. The van der Waals surface area contributed by atoms with Crippen molar-refractivity contribution in [1.29, 1.82) is 5.26 Å². The number of hydrogen-bond donors (Lipinski definition) is 2. The summed E-state index contributed by atoms with van der Waals surface area (Å²) in [6.45, 7) is 5.93. The minimum absolute atomic E-state index is 0.0842. The maximum atomic E-state index is 16.1. The van der Waals surface area contributed by atoms with Crippen molar-refractivity contribution >= 4 is 62.9 Å². The number of urea groups is 1. The van der Waals surface area contributed by atoms with Crippen molar-refractivity contribution in [1.82, 2.24) is 34.3 Å². The van der Waals surface area contributed by atoms with E-state index in [2.05, 4.69) is 41.6 Å². The van der Waals surface area contributed by atoms with Crippen LogP contribution in [0.1, 0.15) is 62.0 Å². The highest BCUT2D eigenvalue weighted by Gasteiger charge is 2.32. The third kappa shape index (κ3) is 7.95. The second kappa shape index (κ2) is 16.4. The molecule has 0 spiro atoms. The van der Waals surface area contributed by atoms with E-state index in [1.165, 1.54) is 9.58 Å². The Hall–Kier alpha value is -4.69. The molecule has 4 aliphatic heterocycles. The van der Waals surface area contributed by atoms with Gasteiger partial charge in [0.05, 0.1) is 33.6 Å². The first-order chi connectivity index (χ1) is 27.1. The van der Waals surface area contributed by atoms with Crippen molar-refractivity contribution in [3.05, 3.63) is 64.7 Å². The first-order valence-corrected chi connectivity index (χ1v) is 20.8. The number of aryl methyl sites for hydroxylation is 1. The molecule has 8 rings (SSSR count). The second-order valence-electron chi connectivity index (χ2n) is 15.2. The number of anilines is 3. The molecule has 2 N–H and O–H groups in total. The van der Waals surface area contributed by atoms with Crippen LogP contribution in [0, 0.1) is 23.1 Å². The highest BCUT2D eigenvalue weighted by Crippen LogP contribution is 2.37. The molecule has 0 saturated carbocycles. The van der Waals surface area contributed by atoms with Gasteiger partial charge in [-0.3, -0.25) is 19.7 Å². The zero-order valence-electron chi connectivity index (χ0n) is 31.3. The van der Waals surface area contributed by atoms with E-state index in [9.17, 15) is 19.1 Å². The maximum absolute atomic E-state index is 16.1. The lowest BCUT2D eigenvalue weighted by molar-refractivity contribution is -0.120. The number of benzene rings is 2. The van der Waals surface area contributed by atoms with Gasteiger partial charge in [0.1, 0.15) is 22.6 Å². The monoisotopic (exact) mass is 801 g/mol. The van der Waals surface area contributed by atoms with Gasteiger partial charge in [-0.2, -0.15) is 10.4 Å². The van der Waals surface area contributed by atoms with Crippen molar-refractivity contribution in [3.63, 3.8) is 0 Å². The quantitative estimate of drug-likeness (QED) is 0.232. The van der Waals surface area contributed by atoms with Crippen LogP contribution in [0.25, 0.3) is 10.9 Å². The second-order valence-corrected chi connectivity index (χ2v) is 17.1. The minimum Gasteiger partial charge on any atom is -0.370 e. The lowest BCUT2D eigenvalue weighted by Gasteiger charge is -2.39. The number of likely N-dealkylation sites (tertiary alicyclic amines) is 1. The average Bonchev–Trinajstić information content (AvgIpc) is 3.55. The molecule has 56 heavy (non-hydrogen) atoms. The van der Waals surface area contributed by atoms with Crippen LogP contribution in [0.2, 0.25) is 5.02 Å². The number of carbonyl (C=O) groups is 2. The van der Waals surface area contributed by atoms with Crippen molar-refractivity contribution in [3.8, 4) is 6.07 Å². The summed E-state index contributed by atoms with van der Waals surface area (Å²) in [4.78, 5) is 39.5. The van der Waals surface area contributed by atoms with Gasteiger partial charge in [-0.1, -0.05) is 17.7 Å². The summed E-state index contributed by atoms with van der Waals surface area (Å²) in [6, 6.07) is 11.2. The van der Waals surface area contributed by atoms with E-state index in [4.69, 9.17) is 11.6 Å². The molecule has 0 bridgehead atoms. The van der Waals surface area contributed by atoms with Gasteiger partial charge in [-0.05, 0) is 93.3 Å². The summed E-state index contributed by atoms with van der Waals surface area (Å²) in [7, 11) is 0.342. The Bertz CT molecular complexity index is 2170. The van der Waals surface area contributed by atoms with Crippen molar-refractivity contribution in [2.75, 3.05) is 67.5 Å². The van der Waals surface area contributed by atoms with E-state index >= 15 is 4.39 Å². The molecule has 2 aromatic heterocycles. The van der Waals surface area contributed by atoms with Gasteiger partial charge in [-0.15, -0.1) is 0 Å². The molecule has 1 atom stereocenters. The fourth-order valence-corrected chi connectivity index (χ4v) is 9.95. The summed E-state index contributed by atoms with van der Waals surface area (Å²) in [5.74, 6) is 0.873. The third-order valence-corrected chi connectivity index (χ3v) is 13.4. The lowest BCUT2D eigenvalue weighted by Crippen LogP contribution is -2.49. The van der Waals surface area contributed by atoms with E-state index in [0.717, 1.165) is 76.9 Å². The predicted molar refractivity (Wildman–Crippen MR) is 212 cm³/mol. The van der Waals surface area contributed by atoms with E-state index in [1.807, 2.05) is 28.6 Å². The molecule has 1 unspecified atom stereocenters.